The fourth-order valence-corrected chi connectivity index (χ4v) is 4.24. The van der Waals surface area contributed by atoms with E-state index in [1.54, 1.807) is 0 Å². The van der Waals surface area contributed by atoms with Gasteiger partial charge in [0.25, 0.3) is 0 Å². The highest BCUT2D eigenvalue weighted by Crippen LogP contribution is 2.36. The van der Waals surface area contributed by atoms with Gasteiger partial charge in [0.15, 0.2) is 0 Å². The molecule has 3 aromatic rings. The molecule has 7 heteroatoms. The van der Waals surface area contributed by atoms with Gasteiger partial charge in [0.2, 0.25) is 5.95 Å². The van der Waals surface area contributed by atoms with Crippen molar-refractivity contribution in [1.29, 1.82) is 0 Å². The maximum absolute atomic E-state index is 13.6. The Morgan fingerprint density at radius 3 is 2.06 bits per heavy atom. The summed E-state index contributed by atoms with van der Waals surface area (Å²) in [6.07, 6.45) is 2.34. The molecule has 1 aromatic heterocycles. The molecule has 0 unspecified atom stereocenters. The van der Waals surface area contributed by atoms with E-state index in [0.717, 1.165) is 6.20 Å². The lowest BCUT2D eigenvalue weighted by atomic mass is 9.84. The SMILES string of the molecule is CC(C)c1ccc(Nc2ncc(C(F)(F)F)c(Nc3ccc(C4CCCCC4)cc3)n2)cc1. The van der Waals surface area contributed by atoms with Gasteiger partial charge in [-0.1, -0.05) is 57.4 Å². The van der Waals surface area contributed by atoms with Crippen LogP contribution in [0.5, 0.6) is 0 Å². The smallest absolute Gasteiger partial charge is 0.340 e. The first-order chi connectivity index (χ1) is 15.8. The summed E-state index contributed by atoms with van der Waals surface area (Å²) < 4.78 is 40.8. The van der Waals surface area contributed by atoms with Crippen LogP contribution in [0.15, 0.2) is 54.7 Å². The van der Waals surface area contributed by atoms with Crippen molar-refractivity contribution < 1.29 is 13.2 Å². The summed E-state index contributed by atoms with van der Waals surface area (Å²) in [6.45, 7) is 4.20. The van der Waals surface area contributed by atoms with Crippen LogP contribution < -0.4 is 10.6 Å². The highest BCUT2D eigenvalue weighted by molar-refractivity contribution is 5.63. The van der Waals surface area contributed by atoms with E-state index in [1.807, 2.05) is 48.5 Å². The van der Waals surface area contributed by atoms with E-state index in [2.05, 4.69) is 34.4 Å². The molecule has 0 amide bonds. The van der Waals surface area contributed by atoms with E-state index in [9.17, 15) is 13.2 Å². The number of benzene rings is 2. The average molecular weight is 455 g/mol. The molecule has 1 aliphatic rings. The van der Waals surface area contributed by atoms with Crippen LogP contribution in [0.4, 0.5) is 36.3 Å². The molecule has 4 nitrogen and oxygen atoms in total. The number of anilines is 4. The van der Waals surface area contributed by atoms with E-state index in [0.29, 0.717) is 23.2 Å². The molecule has 0 bridgehead atoms. The van der Waals surface area contributed by atoms with Crippen LogP contribution in [-0.4, -0.2) is 9.97 Å². The summed E-state index contributed by atoms with van der Waals surface area (Å²) in [5, 5.41) is 5.85. The summed E-state index contributed by atoms with van der Waals surface area (Å²) in [5.41, 5.74) is 2.78. The van der Waals surface area contributed by atoms with Gasteiger partial charge >= 0.3 is 6.18 Å². The van der Waals surface area contributed by atoms with Crippen molar-refractivity contribution in [3.63, 3.8) is 0 Å². The van der Waals surface area contributed by atoms with Crippen LogP contribution in [0.1, 0.15) is 74.5 Å². The van der Waals surface area contributed by atoms with Crippen molar-refractivity contribution in [2.45, 2.75) is 64.0 Å². The number of aromatic nitrogens is 2. The number of hydrogen-bond acceptors (Lipinski definition) is 4. The number of nitrogens with zero attached hydrogens (tertiary/aromatic N) is 2. The third kappa shape index (κ3) is 5.83. The molecule has 174 valence electrons. The maximum Gasteiger partial charge on any atom is 0.421 e. The largest absolute Gasteiger partial charge is 0.421 e. The van der Waals surface area contributed by atoms with E-state index >= 15 is 0 Å². The van der Waals surface area contributed by atoms with Crippen LogP contribution in [0, 0.1) is 0 Å². The normalized spacial score (nSPS) is 15.0. The second kappa shape index (κ2) is 9.81. The number of halogens is 3. The van der Waals surface area contributed by atoms with E-state index < -0.39 is 11.7 Å². The summed E-state index contributed by atoms with van der Waals surface area (Å²) in [7, 11) is 0. The fourth-order valence-electron chi connectivity index (χ4n) is 4.24. The molecule has 1 aliphatic carbocycles. The van der Waals surface area contributed by atoms with Gasteiger partial charge in [-0.3, -0.25) is 0 Å². The van der Waals surface area contributed by atoms with Crippen LogP contribution in [0.2, 0.25) is 0 Å². The van der Waals surface area contributed by atoms with Crippen LogP contribution in [-0.2, 0) is 6.18 Å². The minimum atomic E-state index is -4.57. The summed E-state index contributed by atoms with van der Waals surface area (Å²) in [6, 6.07) is 15.3. The van der Waals surface area contributed by atoms with Gasteiger partial charge in [-0.05, 0) is 60.1 Å². The van der Waals surface area contributed by atoms with Crippen molar-refractivity contribution in [2.75, 3.05) is 10.6 Å². The molecule has 0 aliphatic heterocycles. The monoisotopic (exact) mass is 454 g/mol. The zero-order valence-corrected chi connectivity index (χ0v) is 18.9. The molecular weight excluding hydrogens is 425 g/mol. The van der Waals surface area contributed by atoms with Crippen LogP contribution >= 0.6 is 0 Å². The van der Waals surface area contributed by atoms with Gasteiger partial charge in [-0.25, -0.2) is 4.98 Å². The summed E-state index contributed by atoms with van der Waals surface area (Å²) in [4.78, 5) is 8.04. The molecule has 2 N–H and O–H groups in total. The Morgan fingerprint density at radius 2 is 1.45 bits per heavy atom. The predicted octanol–water partition coefficient (Wildman–Crippen LogP) is 8.15. The third-order valence-corrected chi connectivity index (χ3v) is 6.18. The number of alkyl halides is 3. The lowest BCUT2D eigenvalue weighted by Crippen LogP contribution is -2.12. The topological polar surface area (TPSA) is 49.8 Å². The molecule has 1 saturated carbocycles. The zero-order valence-electron chi connectivity index (χ0n) is 18.9. The van der Waals surface area contributed by atoms with E-state index in [4.69, 9.17) is 0 Å². The van der Waals surface area contributed by atoms with Crippen molar-refractivity contribution in [2.24, 2.45) is 0 Å². The van der Waals surface area contributed by atoms with Crippen molar-refractivity contribution in [3.8, 4) is 0 Å². The molecule has 0 radical (unpaired) electrons. The van der Waals surface area contributed by atoms with E-state index in [-0.39, 0.29) is 11.8 Å². The molecule has 33 heavy (non-hydrogen) atoms. The van der Waals surface area contributed by atoms with Gasteiger partial charge < -0.3 is 10.6 Å². The lowest BCUT2D eigenvalue weighted by molar-refractivity contribution is -0.137. The molecule has 0 atom stereocenters. The van der Waals surface area contributed by atoms with Gasteiger partial charge in [0, 0.05) is 17.6 Å². The Bertz CT molecular complexity index is 1050. The van der Waals surface area contributed by atoms with Crippen LogP contribution in [0.3, 0.4) is 0 Å². The van der Waals surface area contributed by atoms with Crippen molar-refractivity contribution in [3.05, 3.63) is 71.4 Å². The molecular formula is C26H29F3N4. The zero-order chi connectivity index (χ0) is 23.4. The Kier molecular flexibility index (Phi) is 6.86. The quantitative estimate of drug-likeness (QED) is 0.394. The Labute approximate surface area is 192 Å². The lowest BCUT2D eigenvalue weighted by Gasteiger charge is -2.22. The second-order valence-corrected chi connectivity index (χ2v) is 8.94. The average Bonchev–Trinajstić information content (AvgIpc) is 2.80. The predicted molar refractivity (Wildman–Crippen MR) is 126 cm³/mol. The first kappa shape index (κ1) is 23.1. The van der Waals surface area contributed by atoms with Crippen LogP contribution in [0.25, 0.3) is 0 Å². The van der Waals surface area contributed by atoms with Gasteiger partial charge in [0.1, 0.15) is 11.4 Å². The summed E-state index contributed by atoms with van der Waals surface area (Å²) >= 11 is 0. The van der Waals surface area contributed by atoms with Gasteiger partial charge in [-0.2, -0.15) is 18.2 Å². The molecule has 1 fully saturated rings. The highest BCUT2D eigenvalue weighted by atomic mass is 19.4. The first-order valence-corrected chi connectivity index (χ1v) is 11.5. The molecule has 0 saturated heterocycles. The van der Waals surface area contributed by atoms with Crippen molar-refractivity contribution >= 4 is 23.1 Å². The van der Waals surface area contributed by atoms with Crippen molar-refractivity contribution in [1.82, 2.24) is 9.97 Å². The molecule has 0 spiro atoms. The number of rotatable bonds is 6. The summed E-state index contributed by atoms with van der Waals surface area (Å²) in [5.74, 6) is 0.753. The highest BCUT2D eigenvalue weighted by Gasteiger charge is 2.35. The van der Waals surface area contributed by atoms with E-state index in [1.165, 1.54) is 43.2 Å². The minimum Gasteiger partial charge on any atom is -0.340 e. The standard InChI is InChI=1S/C26H29F3N4/c1-17(2)18-8-12-22(13-9-18)32-25-30-16-23(26(27,28)29)24(33-25)31-21-14-10-20(11-15-21)19-6-4-3-5-7-19/h8-17,19H,3-7H2,1-2H3,(H2,30,31,32,33). The molecule has 2 aromatic carbocycles. The minimum absolute atomic E-state index is 0.0987. The number of hydrogen-bond donors (Lipinski definition) is 2. The number of nitrogens with one attached hydrogen (secondary N) is 2. The Balaban J connectivity index is 1.55. The maximum atomic E-state index is 13.6. The fraction of sp³-hybridized carbons (Fsp3) is 0.385. The Hall–Kier alpha value is -3.09. The third-order valence-electron chi connectivity index (χ3n) is 6.18. The first-order valence-electron chi connectivity index (χ1n) is 11.5. The van der Waals surface area contributed by atoms with Gasteiger partial charge in [0.05, 0.1) is 0 Å². The van der Waals surface area contributed by atoms with Gasteiger partial charge in [-0.15, -0.1) is 0 Å². The molecule has 1 heterocycles. The molecule has 4 rings (SSSR count). The Morgan fingerprint density at radius 1 is 0.848 bits per heavy atom. The second-order valence-electron chi connectivity index (χ2n) is 8.94.